The Labute approximate surface area is 120 Å². The maximum atomic E-state index is 4.56. The summed E-state index contributed by atoms with van der Waals surface area (Å²) in [5.41, 5.74) is 3.46. The molecule has 4 heteroatoms. The van der Waals surface area contributed by atoms with Crippen molar-refractivity contribution >= 4 is 11.0 Å². The quantitative estimate of drug-likeness (QED) is 0.800. The summed E-state index contributed by atoms with van der Waals surface area (Å²) in [6.45, 7) is 8.95. The van der Waals surface area contributed by atoms with E-state index in [9.17, 15) is 0 Å². The van der Waals surface area contributed by atoms with Crippen LogP contribution >= 0.6 is 0 Å². The third-order valence-electron chi connectivity index (χ3n) is 4.31. The summed E-state index contributed by atoms with van der Waals surface area (Å²) in [6, 6.07) is 2.80. The standard InChI is InChI=1S/C16H24N4/c1-16(2,3)15-9-14-13(10-17-15)18-11-20(14)12-5-7-19(4)8-6-12/h9-12H,5-8H2,1-4H3. The number of nitrogens with zero attached hydrogens (tertiary/aromatic N) is 4. The van der Waals surface area contributed by atoms with E-state index in [1.165, 1.54) is 31.4 Å². The lowest BCUT2D eigenvalue weighted by molar-refractivity contribution is 0.223. The Morgan fingerprint density at radius 1 is 1.15 bits per heavy atom. The number of hydrogen-bond donors (Lipinski definition) is 0. The number of piperidine rings is 1. The van der Waals surface area contributed by atoms with Gasteiger partial charge in [-0.3, -0.25) is 4.98 Å². The molecule has 108 valence electrons. The minimum Gasteiger partial charge on any atom is -0.327 e. The maximum absolute atomic E-state index is 4.56. The van der Waals surface area contributed by atoms with Crippen LogP contribution in [0.2, 0.25) is 0 Å². The fourth-order valence-electron chi connectivity index (χ4n) is 2.90. The van der Waals surface area contributed by atoms with Crippen LogP contribution in [-0.2, 0) is 5.41 Å². The van der Waals surface area contributed by atoms with Gasteiger partial charge in [-0.15, -0.1) is 0 Å². The molecule has 0 N–H and O–H groups in total. The predicted octanol–water partition coefficient (Wildman–Crippen LogP) is 3.00. The summed E-state index contributed by atoms with van der Waals surface area (Å²) < 4.78 is 2.36. The Hall–Kier alpha value is -1.42. The lowest BCUT2D eigenvalue weighted by Crippen LogP contribution is -2.31. The predicted molar refractivity (Wildman–Crippen MR) is 82.0 cm³/mol. The van der Waals surface area contributed by atoms with Crippen molar-refractivity contribution in [3.05, 3.63) is 24.3 Å². The Morgan fingerprint density at radius 3 is 2.50 bits per heavy atom. The average molecular weight is 272 g/mol. The zero-order chi connectivity index (χ0) is 14.3. The van der Waals surface area contributed by atoms with E-state index < -0.39 is 0 Å². The normalized spacial score (nSPS) is 18.8. The molecule has 0 amide bonds. The first-order valence-electron chi connectivity index (χ1n) is 7.47. The Morgan fingerprint density at radius 2 is 1.85 bits per heavy atom. The van der Waals surface area contributed by atoms with Crippen LogP contribution in [-0.4, -0.2) is 39.6 Å². The van der Waals surface area contributed by atoms with Gasteiger partial charge in [-0.2, -0.15) is 0 Å². The highest BCUT2D eigenvalue weighted by molar-refractivity contribution is 5.75. The zero-order valence-corrected chi connectivity index (χ0v) is 12.9. The fourth-order valence-corrected chi connectivity index (χ4v) is 2.90. The summed E-state index contributed by atoms with van der Waals surface area (Å²) >= 11 is 0. The van der Waals surface area contributed by atoms with E-state index in [0.717, 1.165) is 11.2 Å². The van der Waals surface area contributed by atoms with E-state index in [2.05, 4.69) is 53.3 Å². The molecule has 3 rings (SSSR count). The van der Waals surface area contributed by atoms with Gasteiger partial charge in [0, 0.05) is 17.2 Å². The minimum absolute atomic E-state index is 0.0794. The molecule has 1 aliphatic rings. The van der Waals surface area contributed by atoms with Gasteiger partial charge < -0.3 is 9.47 Å². The van der Waals surface area contributed by atoms with Crippen LogP contribution in [0, 0.1) is 0 Å². The molecule has 0 aromatic carbocycles. The molecule has 0 aliphatic carbocycles. The van der Waals surface area contributed by atoms with Gasteiger partial charge in [0.25, 0.3) is 0 Å². The minimum atomic E-state index is 0.0794. The van der Waals surface area contributed by atoms with Crippen LogP contribution in [0.5, 0.6) is 0 Å². The average Bonchev–Trinajstić information content (AvgIpc) is 2.81. The highest BCUT2D eigenvalue weighted by Crippen LogP contribution is 2.28. The SMILES string of the molecule is CN1CCC(n2cnc3cnc(C(C)(C)C)cc32)CC1. The second-order valence-electron chi connectivity index (χ2n) is 6.99. The van der Waals surface area contributed by atoms with E-state index in [-0.39, 0.29) is 5.41 Å². The molecule has 1 saturated heterocycles. The molecule has 2 aromatic rings. The number of rotatable bonds is 1. The van der Waals surface area contributed by atoms with E-state index in [0.29, 0.717) is 6.04 Å². The highest BCUT2D eigenvalue weighted by Gasteiger charge is 2.22. The summed E-state index contributed by atoms with van der Waals surface area (Å²) in [7, 11) is 2.20. The van der Waals surface area contributed by atoms with Crippen molar-refractivity contribution in [1.29, 1.82) is 0 Å². The number of fused-ring (bicyclic) bond motifs is 1. The van der Waals surface area contributed by atoms with Gasteiger partial charge in [0.15, 0.2) is 0 Å². The van der Waals surface area contributed by atoms with Crippen LogP contribution in [0.15, 0.2) is 18.6 Å². The number of pyridine rings is 1. The van der Waals surface area contributed by atoms with Crippen molar-refractivity contribution in [3.8, 4) is 0 Å². The monoisotopic (exact) mass is 272 g/mol. The molecule has 1 aliphatic heterocycles. The Kier molecular flexibility index (Phi) is 3.28. The fraction of sp³-hybridized carbons (Fsp3) is 0.625. The molecule has 3 heterocycles. The number of aromatic nitrogens is 3. The van der Waals surface area contributed by atoms with Crippen LogP contribution < -0.4 is 0 Å². The van der Waals surface area contributed by atoms with Crippen molar-refractivity contribution in [3.63, 3.8) is 0 Å². The van der Waals surface area contributed by atoms with Gasteiger partial charge >= 0.3 is 0 Å². The molecule has 0 radical (unpaired) electrons. The van der Waals surface area contributed by atoms with Crippen molar-refractivity contribution in [2.45, 2.75) is 45.1 Å². The summed E-state index contributed by atoms with van der Waals surface area (Å²) in [4.78, 5) is 11.5. The molecule has 1 fully saturated rings. The molecule has 0 bridgehead atoms. The topological polar surface area (TPSA) is 34.0 Å². The number of hydrogen-bond acceptors (Lipinski definition) is 3. The molecule has 0 atom stereocenters. The molecular formula is C16H24N4. The molecule has 4 nitrogen and oxygen atoms in total. The van der Waals surface area contributed by atoms with E-state index in [1.807, 2.05) is 12.5 Å². The van der Waals surface area contributed by atoms with E-state index >= 15 is 0 Å². The molecule has 0 unspecified atom stereocenters. The van der Waals surface area contributed by atoms with Crippen molar-refractivity contribution in [1.82, 2.24) is 19.4 Å². The van der Waals surface area contributed by atoms with Crippen molar-refractivity contribution in [2.24, 2.45) is 0 Å². The maximum Gasteiger partial charge on any atom is 0.107 e. The molecule has 20 heavy (non-hydrogen) atoms. The second-order valence-corrected chi connectivity index (χ2v) is 6.99. The van der Waals surface area contributed by atoms with E-state index in [4.69, 9.17) is 0 Å². The van der Waals surface area contributed by atoms with Crippen LogP contribution in [0.3, 0.4) is 0 Å². The van der Waals surface area contributed by atoms with Crippen molar-refractivity contribution in [2.75, 3.05) is 20.1 Å². The highest BCUT2D eigenvalue weighted by atomic mass is 15.1. The van der Waals surface area contributed by atoms with Crippen LogP contribution in [0.4, 0.5) is 0 Å². The Bertz CT molecular complexity index is 600. The lowest BCUT2D eigenvalue weighted by atomic mass is 9.91. The molecule has 2 aromatic heterocycles. The molecular weight excluding hydrogens is 248 g/mol. The molecule has 0 saturated carbocycles. The van der Waals surface area contributed by atoms with Gasteiger partial charge in [0.1, 0.15) is 5.52 Å². The number of imidazole rings is 1. The van der Waals surface area contributed by atoms with Crippen LogP contribution in [0.25, 0.3) is 11.0 Å². The smallest absolute Gasteiger partial charge is 0.107 e. The molecule has 0 spiro atoms. The van der Waals surface area contributed by atoms with Gasteiger partial charge in [0.05, 0.1) is 18.0 Å². The number of likely N-dealkylation sites (tertiary alicyclic amines) is 1. The first kappa shape index (κ1) is 13.6. The Balaban J connectivity index is 1.99. The van der Waals surface area contributed by atoms with E-state index in [1.54, 1.807) is 0 Å². The van der Waals surface area contributed by atoms with Gasteiger partial charge in [-0.25, -0.2) is 4.98 Å². The van der Waals surface area contributed by atoms with Crippen LogP contribution in [0.1, 0.15) is 45.3 Å². The third kappa shape index (κ3) is 2.44. The van der Waals surface area contributed by atoms with Crippen molar-refractivity contribution < 1.29 is 0 Å². The lowest BCUT2D eigenvalue weighted by Gasteiger charge is -2.30. The van der Waals surface area contributed by atoms with Gasteiger partial charge in [0.2, 0.25) is 0 Å². The summed E-state index contributed by atoms with van der Waals surface area (Å²) in [5, 5.41) is 0. The summed E-state index contributed by atoms with van der Waals surface area (Å²) in [5.74, 6) is 0. The second kappa shape index (κ2) is 4.85. The summed E-state index contributed by atoms with van der Waals surface area (Å²) in [6.07, 6.45) is 6.32. The van der Waals surface area contributed by atoms with Gasteiger partial charge in [-0.05, 0) is 39.0 Å². The first-order valence-corrected chi connectivity index (χ1v) is 7.47. The largest absolute Gasteiger partial charge is 0.327 e. The van der Waals surface area contributed by atoms with Gasteiger partial charge in [-0.1, -0.05) is 20.8 Å². The zero-order valence-electron chi connectivity index (χ0n) is 12.9. The first-order chi connectivity index (χ1) is 9.45. The third-order valence-corrected chi connectivity index (χ3v) is 4.31.